The molecule has 0 bridgehead atoms. The summed E-state index contributed by atoms with van der Waals surface area (Å²) in [5.41, 5.74) is 0. The quantitative estimate of drug-likeness (QED) is 0.546. The highest BCUT2D eigenvalue weighted by Gasteiger charge is 2.49. The number of amides is 1. The molecule has 142 valence electrons. The summed E-state index contributed by atoms with van der Waals surface area (Å²) in [6, 6.07) is -2.28. The molecule has 5 atom stereocenters. The van der Waals surface area contributed by atoms with Crippen molar-refractivity contribution in [2.75, 3.05) is 0 Å². The first kappa shape index (κ1) is 19.7. The van der Waals surface area contributed by atoms with Crippen molar-refractivity contribution in [2.24, 2.45) is 5.92 Å². The van der Waals surface area contributed by atoms with Gasteiger partial charge in [0.25, 0.3) is 0 Å². The molecule has 1 saturated heterocycles. The van der Waals surface area contributed by atoms with Crippen LogP contribution in [0.15, 0.2) is 0 Å². The van der Waals surface area contributed by atoms with E-state index in [1.807, 2.05) is 6.92 Å². The number of fused-ring (bicyclic) bond motifs is 1. The van der Waals surface area contributed by atoms with Crippen LogP contribution in [0.1, 0.15) is 65.2 Å². The van der Waals surface area contributed by atoms with Gasteiger partial charge in [-0.25, -0.2) is 4.79 Å². The fourth-order valence-corrected chi connectivity index (χ4v) is 4.30. The normalized spacial score (nSPS) is 27.8. The lowest BCUT2D eigenvalue weighted by Crippen LogP contribution is -2.55. The van der Waals surface area contributed by atoms with Crippen LogP contribution in [0.3, 0.4) is 0 Å². The SMILES string of the molecule is CCCCC[C@H](N[C@@H](C)C(=O)N1[C@H](C(=O)O)C[C@@H]2CCC[C@@H]21)C(=O)O. The van der Waals surface area contributed by atoms with Gasteiger partial charge in [-0.2, -0.15) is 0 Å². The van der Waals surface area contributed by atoms with Gasteiger partial charge in [0.2, 0.25) is 5.91 Å². The van der Waals surface area contributed by atoms with Gasteiger partial charge in [0, 0.05) is 6.04 Å². The molecule has 1 heterocycles. The lowest BCUT2D eigenvalue weighted by Gasteiger charge is -2.31. The minimum atomic E-state index is -0.967. The molecule has 0 spiro atoms. The van der Waals surface area contributed by atoms with Gasteiger partial charge in [-0.05, 0) is 38.5 Å². The summed E-state index contributed by atoms with van der Waals surface area (Å²) in [6.07, 6.45) is 6.53. The molecule has 1 amide bonds. The highest BCUT2D eigenvalue weighted by Crippen LogP contribution is 2.41. The Kier molecular flexibility index (Phi) is 6.81. The maximum absolute atomic E-state index is 12.9. The van der Waals surface area contributed by atoms with Gasteiger partial charge in [0.05, 0.1) is 6.04 Å². The molecule has 0 aromatic rings. The molecule has 3 N–H and O–H groups in total. The van der Waals surface area contributed by atoms with E-state index in [2.05, 4.69) is 5.32 Å². The van der Waals surface area contributed by atoms with Crippen molar-refractivity contribution in [1.82, 2.24) is 10.2 Å². The number of unbranched alkanes of at least 4 members (excludes halogenated alkanes) is 2. The molecule has 2 fully saturated rings. The van der Waals surface area contributed by atoms with Crippen molar-refractivity contribution < 1.29 is 24.6 Å². The molecule has 0 unspecified atom stereocenters. The van der Waals surface area contributed by atoms with Gasteiger partial charge >= 0.3 is 11.9 Å². The minimum Gasteiger partial charge on any atom is -0.480 e. The number of aliphatic carboxylic acids is 2. The van der Waals surface area contributed by atoms with Crippen LogP contribution >= 0.6 is 0 Å². The Morgan fingerprint density at radius 1 is 1.20 bits per heavy atom. The topological polar surface area (TPSA) is 107 Å². The summed E-state index contributed by atoms with van der Waals surface area (Å²) in [5.74, 6) is -1.96. The smallest absolute Gasteiger partial charge is 0.326 e. The Hall–Kier alpha value is -1.63. The van der Waals surface area contributed by atoms with Crippen molar-refractivity contribution in [3.05, 3.63) is 0 Å². The Labute approximate surface area is 148 Å². The molecule has 2 aliphatic rings. The second-order valence-electron chi connectivity index (χ2n) is 7.37. The molecule has 0 aromatic carbocycles. The maximum Gasteiger partial charge on any atom is 0.326 e. The average Bonchev–Trinajstić information content (AvgIpc) is 3.13. The number of rotatable bonds is 9. The molecule has 1 aliphatic heterocycles. The molecule has 7 nitrogen and oxygen atoms in total. The predicted molar refractivity (Wildman–Crippen MR) is 92.2 cm³/mol. The van der Waals surface area contributed by atoms with Crippen LogP contribution in [0.2, 0.25) is 0 Å². The third-order valence-electron chi connectivity index (χ3n) is 5.59. The van der Waals surface area contributed by atoms with Crippen molar-refractivity contribution in [1.29, 1.82) is 0 Å². The average molecular weight is 354 g/mol. The number of carbonyl (C=O) groups is 3. The van der Waals surface area contributed by atoms with E-state index in [4.69, 9.17) is 0 Å². The lowest BCUT2D eigenvalue weighted by atomic mass is 10.0. The van der Waals surface area contributed by atoms with Crippen molar-refractivity contribution in [3.63, 3.8) is 0 Å². The van der Waals surface area contributed by atoms with Crippen LogP contribution in [0.5, 0.6) is 0 Å². The van der Waals surface area contributed by atoms with Gasteiger partial charge in [-0.1, -0.05) is 32.6 Å². The molecule has 7 heteroatoms. The Morgan fingerprint density at radius 3 is 2.52 bits per heavy atom. The molecular formula is C18H30N2O5. The summed E-state index contributed by atoms with van der Waals surface area (Å²) in [7, 11) is 0. The molecule has 1 aliphatic carbocycles. The number of hydrogen-bond acceptors (Lipinski definition) is 4. The van der Waals surface area contributed by atoms with Crippen molar-refractivity contribution in [3.8, 4) is 0 Å². The second kappa shape index (κ2) is 8.65. The van der Waals surface area contributed by atoms with Crippen molar-refractivity contribution in [2.45, 2.75) is 89.4 Å². The predicted octanol–water partition coefficient (Wildman–Crippen LogP) is 1.85. The van der Waals surface area contributed by atoms with E-state index in [1.165, 1.54) is 4.90 Å². The van der Waals surface area contributed by atoms with Gasteiger partial charge in [0.15, 0.2) is 0 Å². The van der Waals surface area contributed by atoms with Gasteiger partial charge in [0.1, 0.15) is 12.1 Å². The zero-order valence-corrected chi connectivity index (χ0v) is 15.1. The first-order valence-electron chi connectivity index (χ1n) is 9.40. The van der Waals surface area contributed by atoms with E-state index in [-0.39, 0.29) is 17.9 Å². The summed E-state index contributed by atoms with van der Waals surface area (Å²) in [5, 5.41) is 21.8. The monoisotopic (exact) mass is 354 g/mol. The Bertz CT molecular complexity index is 510. The second-order valence-corrected chi connectivity index (χ2v) is 7.37. The van der Waals surface area contributed by atoms with E-state index in [0.29, 0.717) is 12.8 Å². The van der Waals surface area contributed by atoms with Crippen molar-refractivity contribution >= 4 is 17.8 Å². The van der Waals surface area contributed by atoms with Crippen LogP contribution < -0.4 is 5.32 Å². The van der Waals surface area contributed by atoms with Gasteiger partial charge < -0.3 is 15.1 Å². The lowest BCUT2D eigenvalue weighted by molar-refractivity contribution is -0.151. The van der Waals surface area contributed by atoms with Gasteiger partial charge in [-0.3, -0.25) is 14.9 Å². The first-order chi connectivity index (χ1) is 11.9. The van der Waals surface area contributed by atoms with Gasteiger partial charge in [-0.15, -0.1) is 0 Å². The van der Waals surface area contributed by atoms with Crippen LogP contribution in [0.4, 0.5) is 0 Å². The van der Waals surface area contributed by atoms with E-state index in [0.717, 1.165) is 38.5 Å². The van der Waals surface area contributed by atoms with E-state index >= 15 is 0 Å². The maximum atomic E-state index is 12.9. The zero-order valence-electron chi connectivity index (χ0n) is 15.1. The molecule has 0 aromatic heterocycles. The summed E-state index contributed by atoms with van der Waals surface area (Å²) in [4.78, 5) is 37.4. The van der Waals surface area contributed by atoms with Crippen LogP contribution in [0.25, 0.3) is 0 Å². The highest BCUT2D eigenvalue weighted by atomic mass is 16.4. The number of likely N-dealkylation sites (tertiary alicyclic amines) is 1. The number of carboxylic acids is 2. The third kappa shape index (κ3) is 4.51. The molecule has 2 rings (SSSR count). The molecule has 25 heavy (non-hydrogen) atoms. The number of nitrogens with zero attached hydrogens (tertiary/aromatic N) is 1. The number of nitrogens with one attached hydrogen (secondary N) is 1. The minimum absolute atomic E-state index is 0.0128. The van der Waals surface area contributed by atoms with E-state index in [1.54, 1.807) is 6.92 Å². The number of carbonyl (C=O) groups excluding carboxylic acids is 1. The Balaban J connectivity index is 2.03. The fraction of sp³-hybridized carbons (Fsp3) is 0.833. The zero-order chi connectivity index (χ0) is 18.6. The molecule has 1 saturated carbocycles. The molecular weight excluding hydrogens is 324 g/mol. The van der Waals surface area contributed by atoms with Crippen LogP contribution in [-0.2, 0) is 14.4 Å². The van der Waals surface area contributed by atoms with E-state index < -0.39 is 30.1 Å². The van der Waals surface area contributed by atoms with Crippen LogP contribution in [-0.4, -0.2) is 57.1 Å². The van der Waals surface area contributed by atoms with Crippen LogP contribution in [0, 0.1) is 5.92 Å². The summed E-state index contributed by atoms with van der Waals surface area (Å²) in [6.45, 7) is 3.69. The van der Waals surface area contributed by atoms with E-state index in [9.17, 15) is 24.6 Å². The standard InChI is InChI=1S/C18H30N2O5/c1-3-4-5-8-13(17(22)23)19-11(2)16(21)20-14-9-6-7-12(14)10-15(20)18(24)25/h11-15,19H,3-10H2,1-2H3,(H,22,23)(H,24,25)/t11-,12-,13-,14-,15-/m0/s1. The Morgan fingerprint density at radius 2 is 1.92 bits per heavy atom. The first-order valence-corrected chi connectivity index (χ1v) is 9.40. The third-order valence-corrected chi connectivity index (χ3v) is 5.59. The largest absolute Gasteiger partial charge is 0.480 e. The molecule has 0 radical (unpaired) electrons. The summed E-state index contributed by atoms with van der Waals surface area (Å²) >= 11 is 0. The fourth-order valence-electron chi connectivity index (χ4n) is 4.30. The number of carboxylic acid groups (broad SMARTS) is 2. The number of hydrogen-bond donors (Lipinski definition) is 3. The highest BCUT2D eigenvalue weighted by molar-refractivity contribution is 5.88. The summed E-state index contributed by atoms with van der Waals surface area (Å²) < 4.78 is 0.